The minimum absolute atomic E-state index is 0.0938. The van der Waals surface area contributed by atoms with Gasteiger partial charge in [-0.3, -0.25) is 9.59 Å². The average Bonchev–Trinajstić information content (AvgIpc) is 3.05. The van der Waals surface area contributed by atoms with Crippen molar-refractivity contribution < 1.29 is 19.4 Å². The highest BCUT2D eigenvalue weighted by atomic mass is 16.5. The fourth-order valence-electron chi connectivity index (χ4n) is 3.83. The van der Waals surface area contributed by atoms with Gasteiger partial charge in [0, 0.05) is 12.1 Å². The number of likely N-dealkylation sites (tertiary alicyclic amines) is 1. The summed E-state index contributed by atoms with van der Waals surface area (Å²) in [6.45, 7) is 2.71. The number of benzene rings is 3. The zero-order valence-corrected chi connectivity index (χ0v) is 17.2. The van der Waals surface area contributed by atoms with Gasteiger partial charge >= 0.3 is 0 Å². The van der Waals surface area contributed by atoms with E-state index >= 15 is 0 Å². The fourth-order valence-corrected chi connectivity index (χ4v) is 3.83. The second-order valence-electron chi connectivity index (χ2n) is 7.28. The molecule has 0 bridgehead atoms. The van der Waals surface area contributed by atoms with Crippen LogP contribution in [0.5, 0.6) is 5.75 Å². The lowest BCUT2D eigenvalue weighted by Crippen LogP contribution is -2.29. The van der Waals surface area contributed by atoms with Gasteiger partial charge < -0.3 is 14.7 Å². The summed E-state index contributed by atoms with van der Waals surface area (Å²) in [6.07, 6.45) is 0. The maximum absolute atomic E-state index is 13.0. The molecule has 1 heterocycles. The Hall–Kier alpha value is -3.86. The first-order valence-electron chi connectivity index (χ1n) is 10.2. The number of hydrogen-bond donors (Lipinski definition) is 1. The van der Waals surface area contributed by atoms with Gasteiger partial charge in [0.15, 0.2) is 0 Å². The molecule has 1 saturated heterocycles. The molecule has 5 heteroatoms. The number of rotatable bonds is 6. The number of ketones is 1. The van der Waals surface area contributed by atoms with Gasteiger partial charge in [0.1, 0.15) is 11.5 Å². The quantitative estimate of drug-likeness (QED) is 0.361. The van der Waals surface area contributed by atoms with Crippen LogP contribution < -0.4 is 4.74 Å². The van der Waals surface area contributed by atoms with E-state index in [1.165, 1.54) is 4.90 Å². The van der Waals surface area contributed by atoms with Crippen molar-refractivity contribution in [2.75, 3.05) is 6.61 Å². The summed E-state index contributed by atoms with van der Waals surface area (Å²) < 4.78 is 5.52. The van der Waals surface area contributed by atoms with E-state index in [4.69, 9.17) is 4.74 Å². The van der Waals surface area contributed by atoms with E-state index in [2.05, 4.69) is 0 Å². The van der Waals surface area contributed by atoms with Crippen LogP contribution in [0.4, 0.5) is 0 Å². The molecule has 1 fully saturated rings. The van der Waals surface area contributed by atoms with Crippen molar-refractivity contribution in [3.63, 3.8) is 0 Å². The van der Waals surface area contributed by atoms with E-state index in [1.54, 1.807) is 24.3 Å². The predicted octanol–water partition coefficient (Wildman–Crippen LogP) is 4.71. The molecule has 1 aliphatic rings. The summed E-state index contributed by atoms with van der Waals surface area (Å²) in [6, 6.07) is 24.9. The highest BCUT2D eigenvalue weighted by molar-refractivity contribution is 6.46. The van der Waals surface area contributed by atoms with Crippen LogP contribution in [-0.4, -0.2) is 28.3 Å². The molecular weight excluding hydrogens is 390 g/mol. The van der Waals surface area contributed by atoms with Gasteiger partial charge in [-0.25, -0.2) is 0 Å². The Labute approximate surface area is 181 Å². The van der Waals surface area contributed by atoms with Crippen molar-refractivity contribution in [3.8, 4) is 5.75 Å². The average molecular weight is 413 g/mol. The van der Waals surface area contributed by atoms with E-state index in [0.717, 1.165) is 11.1 Å². The maximum Gasteiger partial charge on any atom is 0.295 e. The second-order valence-corrected chi connectivity index (χ2v) is 7.28. The number of amides is 1. The molecule has 0 spiro atoms. The molecule has 156 valence electrons. The summed E-state index contributed by atoms with van der Waals surface area (Å²) in [7, 11) is 0. The van der Waals surface area contributed by atoms with Crippen molar-refractivity contribution in [2.24, 2.45) is 0 Å². The van der Waals surface area contributed by atoms with Crippen molar-refractivity contribution in [1.29, 1.82) is 0 Å². The number of aliphatic hydroxyl groups excluding tert-OH is 1. The fraction of sp³-hybridized carbons (Fsp3) is 0.154. The topological polar surface area (TPSA) is 66.8 Å². The first-order chi connectivity index (χ1) is 15.1. The summed E-state index contributed by atoms with van der Waals surface area (Å²) in [5.41, 5.74) is 2.23. The number of nitrogens with zero attached hydrogens (tertiary/aromatic N) is 1. The van der Waals surface area contributed by atoms with Gasteiger partial charge in [0.2, 0.25) is 0 Å². The summed E-state index contributed by atoms with van der Waals surface area (Å²) >= 11 is 0. The van der Waals surface area contributed by atoms with Crippen molar-refractivity contribution in [3.05, 3.63) is 107 Å². The summed E-state index contributed by atoms with van der Waals surface area (Å²) in [4.78, 5) is 27.6. The molecule has 1 amide bonds. The molecule has 1 aliphatic heterocycles. The minimum Gasteiger partial charge on any atom is -0.507 e. The Bertz CT molecular complexity index is 1110. The van der Waals surface area contributed by atoms with Crippen LogP contribution in [0.3, 0.4) is 0 Å². The molecular formula is C26H23NO4. The third-order valence-electron chi connectivity index (χ3n) is 5.29. The van der Waals surface area contributed by atoms with Gasteiger partial charge in [0.05, 0.1) is 18.2 Å². The van der Waals surface area contributed by atoms with E-state index in [9.17, 15) is 14.7 Å². The largest absolute Gasteiger partial charge is 0.507 e. The Morgan fingerprint density at radius 3 is 2.13 bits per heavy atom. The molecule has 1 atom stereocenters. The number of aliphatic hydroxyl groups is 1. The number of carbonyl (C=O) groups excluding carboxylic acids is 2. The van der Waals surface area contributed by atoms with E-state index in [1.807, 2.05) is 67.6 Å². The molecule has 1 unspecified atom stereocenters. The van der Waals surface area contributed by atoms with Crippen molar-refractivity contribution in [2.45, 2.75) is 19.5 Å². The van der Waals surface area contributed by atoms with Gasteiger partial charge in [-0.05, 0) is 30.2 Å². The van der Waals surface area contributed by atoms with Crippen LogP contribution in [-0.2, 0) is 16.1 Å². The highest BCUT2D eigenvalue weighted by Gasteiger charge is 2.46. The van der Waals surface area contributed by atoms with Crippen LogP contribution in [0.15, 0.2) is 90.5 Å². The number of carbonyl (C=O) groups is 2. The molecule has 4 rings (SSSR count). The molecule has 0 saturated carbocycles. The zero-order chi connectivity index (χ0) is 21.8. The molecule has 5 nitrogen and oxygen atoms in total. The Morgan fingerprint density at radius 1 is 0.903 bits per heavy atom. The van der Waals surface area contributed by atoms with Crippen LogP contribution >= 0.6 is 0 Å². The molecule has 0 radical (unpaired) electrons. The number of ether oxygens (including phenoxy) is 1. The summed E-state index contributed by atoms with van der Waals surface area (Å²) in [5.74, 6) is -0.779. The molecule has 31 heavy (non-hydrogen) atoms. The number of hydrogen-bond acceptors (Lipinski definition) is 4. The Balaban J connectivity index is 1.82. The Morgan fingerprint density at radius 2 is 1.52 bits per heavy atom. The van der Waals surface area contributed by atoms with Crippen LogP contribution in [0.25, 0.3) is 5.76 Å². The molecule has 3 aromatic carbocycles. The van der Waals surface area contributed by atoms with Gasteiger partial charge in [0.25, 0.3) is 11.7 Å². The minimum atomic E-state index is -0.698. The maximum atomic E-state index is 13.0. The third kappa shape index (κ3) is 4.08. The van der Waals surface area contributed by atoms with E-state index < -0.39 is 17.7 Å². The molecule has 0 aromatic heterocycles. The normalized spacial score (nSPS) is 17.7. The standard InChI is InChI=1S/C26H23NO4/c1-2-31-21-15-13-19(14-16-21)23-22(24(28)20-11-7-4-8-12-20)25(29)26(30)27(23)17-18-9-5-3-6-10-18/h3-16,23,28H,2,17H2,1H3. The SMILES string of the molecule is CCOc1ccc(C2C(=C(O)c3ccccc3)C(=O)C(=O)N2Cc2ccccc2)cc1. The van der Waals surface area contributed by atoms with Crippen molar-refractivity contribution in [1.82, 2.24) is 4.90 Å². The highest BCUT2D eigenvalue weighted by Crippen LogP contribution is 2.40. The van der Waals surface area contributed by atoms with Crippen LogP contribution in [0, 0.1) is 0 Å². The second kappa shape index (κ2) is 8.88. The van der Waals surface area contributed by atoms with Crippen LogP contribution in [0.2, 0.25) is 0 Å². The third-order valence-corrected chi connectivity index (χ3v) is 5.29. The Kier molecular flexibility index (Phi) is 5.85. The lowest BCUT2D eigenvalue weighted by Gasteiger charge is -2.25. The monoisotopic (exact) mass is 413 g/mol. The van der Waals surface area contributed by atoms with E-state index in [-0.39, 0.29) is 17.9 Å². The molecule has 0 aliphatic carbocycles. The lowest BCUT2D eigenvalue weighted by atomic mass is 9.95. The molecule has 1 N–H and O–H groups in total. The van der Waals surface area contributed by atoms with E-state index in [0.29, 0.717) is 17.9 Å². The smallest absolute Gasteiger partial charge is 0.295 e. The van der Waals surface area contributed by atoms with Gasteiger partial charge in [-0.1, -0.05) is 72.8 Å². The predicted molar refractivity (Wildman–Crippen MR) is 118 cm³/mol. The summed E-state index contributed by atoms with van der Waals surface area (Å²) in [5, 5.41) is 11.0. The van der Waals surface area contributed by atoms with Crippen LogP contribution in [0.1, 0.15) is 29.7 Å². The zero-order valence-electron chi connectivity index (χ0n) is 17.2. The first kappa shape index (κ1) is 20.4. The lowest BCUT2D eigenvalue weighted by molar-refractivity contribution is -0.140. The van der Waals surface area contributed by atoms with Crippen molar-refractivity contribution >= 4 is 17.4 Å². The van der Waals surface area contributed by atoms with Gasteiger partial charge in [-0.15, -0.1) is 0 Å². The molecule has 3 aromatic rings. The van der Waals surface area contributed by atoms with Gasteiger partial charge in [-0.2, -0.15) is 0 Å². The number of Topliss-reactive ketones (excluding diaryl/α,β-unsaturated/α-hetero) is 1. The first-order valence-corrected chi connectivity index (χ1v) is 10.2.